The van der Waals surface area contributed by atoms with Crippen LogP contribution in [0.25, 0.3) is 10.9 Å². The number of halogens is 2. The van der Waals surface area contributed by atoms with Crippen LogP contribution >= 0.6 is 0 Å². The number of pyridine rings is 1. The van der Waals surface area contributed by atoms with Crippen molar-refractivity contribution >= 4 is 16.7 Å². The lowest BCUT2D eigenvalue weighted by Crippen LogP contribution is -2.31. The fourth-order valence-corrected chi connectivity index (χ4v) is 1.63. The van der Waals surface area contributed by atoms with Crippen LogP contribution in [0.15, 0.2) is 30.3 Å². The van der Waals surface area contributed by atoms with E-state index in [1.807, 2.05) is 6.07 Å². The van der Waals surface area contributed by atoms with Gasteiger partial charge < -0.3 is 10.4 Å². The number of aliphatic hydroxyl groups is 1. The van der Waals surface area contributed by atoms with E-state index in [1.54, 1.807) is 24.3 Å². The van der Waals surface area contributed by atoms with E-state index in [0.29, 0.717) is 16.5 Å². The van der Waals surface area contributed by atoms with Crippen molar-refractivity contribution in [2.24, 2.45) is 0 Å². The van der Waals surface area contributed by atoms with E-state index in [-0.39, 0.29) is 5.82 Å². The topological polar surface area (TPSA) is 68.9 Å². The largest absolute Gasteiger partial charge is 0.390 e. The first kappa shape index (κ1) is 13.2. The molecular weight excluding hydrogens is 252 g/mol. The van der Waals surface area contributed by atoms with Crippen molar-refractivity contribution in [3.8, 4) is 6.07 Å². The predicted octanol–water partition coefficient (Wildman–Crippen LogP) is 2.15. The van der Waals surface area contributed by atoms with Gasteiger partial charge in [0.1, 0.15) is 12.4 Å². The molecule has 19 heavy (non-hydrogen) atoms. The number of aliphatic hydroxyl groups excluding tert-OH is 1. The minimum absolute atomic E-state index is 0.184. The number of hydrogen-bond acceptors (Lipinski definition) is 4. The quantitative estimate of drug-likeness (QED) is 0.886. The Labute approximate surface area is 108 Å². The summed E-state index contributed by atoms with van der Waals surface area (Å²) in [6.45, 7) is -1.97. The highest BCUT2D eigenvalue weighted by atomic mass is 19.3. The van der Waals surface area contributed by atoms with Gasteiger partial charge in [0.05, 0.1) is 23.7 Å². The number of nitrogens with zero attached hydrogens (tertiary/aromatic N) is 2. The normalized spacial score (nSPS) is 11.3. The molecule has 0 radical (unpaired) electrons. The summed E-state index contributed by atoms with van der Waals surface area (Å²) in [6.07, 6.45) is 0. The molecule has 1 aromatic carbocycles. The molecule has 2 aromatic rings. The Morgan fingerprint density at radius 2 is 2.11 bits per heavy atom. The fourth-order valence-electron chi connectivity index (χ4n) is 1.63. The number of rotatable bonds is 4. The van der Waals surface area contributed by atoms with Crippen molar-refractivity contribution in [2.75, 3.05) is 18.5 Å². The molecule has 6 heteroatoms. The second-order valence-corrected chi connectivity index (χ2v) is 4.05. The van der Waals surface area contributed by atoms with Crippen LogP contribution in [0.5, 0.6) is 0 Å². The van der Waals surface area contributed by atoms with Crippen molar-refractivity contribution in [1.82, 2.24) is 4.98 Å². The molecule has 0 saturated heterocycles. The summed E-state index contributed by atoms with van der Waals surface area (Å²) in [4.78, 5) is 4.14. The Balaban J connectivity index is 2.33. The summed E-state index contributed by atoms with van der Waals surface area (Å²) in [6, 6.07) is 10.4. The first-order valence-corrected chi connectivity index (χ1v) is 5.58. The van der Waals surface area contributed by atoms with Gasteiger partial charge in [-0.2, -0.15) is 5.26 Å². The Bertz CT molecular complexity index is 637. The summed E-state index contributed by atoms with van der Waals surface area (Å²) in [7, 11) is 0. The lowest BCUT2D eigenvalue weighted by molar-refractivity contribution is -0.0373. The number of para-hydroxylation sites is 1. The van der Waals surface area contributed by atoms with Gasteiger partial charge in [-0.3, -0.25) is 0 Å². The molecule has 0 saturated carbocycles. The number of fused-ring (bicyclic) bond motifs is 1. The van der Waals surface area contributed by atoms with Crippen LogP contribution in [-0.2, 0) is 0 Å². The van der Waals surface area contributed by atoms with Gasteiger partial charge in [-0.25, -0.2) is 13.8 Å². The number of aromatic nitrogens is 1. The Kier molecular flexibility index (Phi) is 3.58. The molecule has 0 spiro atoms. The average Bonchev–Trinajstić information content (AvgIpc) is 2.44. The number of anilines is 1. The van der Waals surface area contributed by atoms with Gasteiger partial charge in [0, 0.05) is 5.39 Å². The van der Waals surface area contributed by atoms with Crippen molar-refractivity contribution in [3.63, 3.8) is 0 Å². The molecule has 1 heterocycles. The van der Waals surface area contributed by atoms with Crippen LogP contribution < -0.4 is 5.32 Å². The van der Waals surface area contributed by atoms with Crippen molar-refractivity contribution < 1.29 is 13.9 Å². The molecule has 0 amide bonds. The van der Waals surface area contributed by atoms with Crippen LogP contribution in [0.2, 0.25) is 0 Å². The van der Waals surface area contributed by atoms with Crippen LogP contribution in [0.3, 0.4) is 0 Å². The fraction of sp³-hybridized carbons (Fsp3) is 0.231. The molecule has 0 aliphatic carbocycles. The van der Waals surface area contributed by atoms with E-state index in [9.17, 15) is 8.78 Å². The van der Waals surface area contributed by atoms with Crippen LogP contribution in [0.1, 0.15) is 5.56 Å². The molecule has 0 bridgehead atoms. The maximum absolute atomic E-state index is 12.9. The Hall–Kier alpha value is -2.26. The van der Waals surface area contributed by atoms with Crippen LogP contribution in [0, 0.1) is 11.3 Å². The zero-order valence-electron chi connectivity index (χ0n) is 9.90. The molecule has 0 atom stereocenters. The summed E-state index contributed by atoms with van der Waals surface area (Å²) in [5.41, 5.74) is 0.914. The molecule has 4 nitrogen and oxygen atoms in total. The molecule has 0 unspecified atom stereocenters. The van der Waals surface area contributed by atoms with Gasteiger partial charge >= 0.3 is 0 Å². The van der Waals surface area contributed by atoms with Gasteiger partial charge in [0.25, 0.3) is 5.92 Å². The Morgan fingerprint density at radius 1 is 1.37 bits per heavy atom. The molecule has 0 aliphatic heterocycles. The minimum atomic E-state index is -3.22. The lowest BCUT2D eigenvalue weighted by Gasteiger charge is -2.14. The second-order valence-electron chi connectivity index (χ2n) is 4.05. The predicted molar refractivity (Wildman–Crippen MR) is 67.0 cm³/mol. The number of nitriles is 1. The number of alkyl halides is 2. The average molecular weight is 263 g/mol. The molecule has 0 aliphatic rings. The maximum Gasteiger partial charge on any atom is 0.287 e. The molecule has 2 rings (SSSR count). The van der Waals surface area contributed by atoms with E-state index >= 15 is 0 Å². The van der Waals surface area contributed by atoms with E-state index in [1.165, 1.54) is 6.07 Å². The third-order valence-electron chi connectivity index (χ3n) is 2.60. The smallest absolute Gasteiger partial charge is 0.287 e. The van der Waals surface area contributed by atoms with Gasteiger partial charge in [-0.1, -0.05) is 18.2 Å². The first-order chi connectivity index (χ1) is 9.05. The van der Waals surface area contributed by atoms with Gasteiger partial charge in [-0.15, -0.1) is 0 Å². The van der Waals surface area contributed by atoms with Crippen molar-refractivity contribution in [2.45, 2.75) is 5.92 Å². The van der Waals surface area contributed by atoms with E-state index in [4.69, 9.17) is 10.4 Å². The molecular formula is C13H11F2N3O. The minimum Gasteiger partial charge on any atom is -0.390 e. The zero-order valence-corrected chi connectivity index (χ0v) is 9.90. The summed E-state index contributed by atoms with van der Waals surface area (Å²) in [5.74, 6) is -3.04. The van der Waals surface area contributed by atoms with E-state index < -0.39 is 19.1 Å². The summed E-state index contributed by atoms with van der Waals surface area (Å²) >= 11 is 0. The first-order valence-electron chi connectivity index (χ1n) is 5.58. The zero-order chi connectivity index (χ0) is 13.9. The van der Waals surface area contributed by atoms with Crippen LogP contribution in [-0.4, -0.2) is 29.2 Å². The van der Waals surface area contributed by atoms with Gasteiger partial charge in [0.2, 0.25) is 0 Å². The van der Waals surface area contributed by atoms with Crippen LogP contribution in [0.4, 0.5) is 14.6 Å². The highest BCUT2D eigenvalue weighted by molar-refractivity contribution is 5.86. The lowest BCUT2D eigenvalue weighted by atomic mass is 10.1. The molecule has 0 fully saturated rings. The SMILES string of the molecule is N#Cc1cc(NCC(F)(F)CO)nc2ccccc12. The van der Waals surface area contributed by atoms with Crippen molar-refractivity contribution in [1.29, 1.82) is 5.26 Å². The third kappa shape index (κ3) is 2.95. The summed E-state index contributed by atoms with van der Waals surface area (Å²) < 4.78 is 25.9. The summed E-state index contributed by atoms with van der Waals surface area (Å²) in [5, 5.41) is 20.6. The number of nitrogens with one attached hydrogen (secondary N) is 1. The van der Waals surface area contributed by atoms with E-state index in [2.05, 4.69) is 10.3 Å². The van der Waals surface area contributed by atoms with Crippen molar-refractivity contribution in [3.05, 3.63) is 35.9 Å². The standard InChI is InChI=1S/C13H11F2N3O/c14-13(15,8-19)7-17-12-5-9(6-16)10-3-1-2-4-11(10)18-12/h1-5,19H,7-8H2,(H,17,18). The highest BCUT2D eigenvalue weighted by Gasteiger charge is 2.27. The van der Waals surface area contributed by atoms with Gasteiger partial charge in [-0.05, 0) is 12.1 Å². The monoisotopic (exact) mass is 263 g/mol. The van der Waals surface area contributed by atoms with E-state index in [0.717, 1.165) is 0 Å². The molecule has 2 N–H and O–H groups in total. The maximum atomic E-state index is 12.9. The Morgan fingerprint density at radius 3 is 2.79 bits per heavy atom. The van der Waals surface area contributed by atoms with Gasteiger partial charge in [0.15, 0.2) is 0 Å². The second kappa shape index (κ2) is 5.16. The highest BCUT2D eigenvalue weighted by Crippen LogP contribution is 2.21. The number of benzene rings is 1. The molecule has 98 valence electrons. The molecule has 1 aromatic heterocycles. The number of hydrogen-bond donors (Lipinski definition) is 2. The third-order valence-corrected chi connectivity index (χ3v) is 2.60.